The van der Waals surface area contributed by atoms with Crippen molar-refractivity contribution in [3.8, 4) is 0 Å². The SMILES string of the molecule is CC(C(=O)c1ccc(F)cc1I)c1ccncc1. The van der Waals surface area contributed by atoms with Gasteiger partial charge in [0.2, 0.25) is 0 Å². The molecule has 0 N–H and O–H groups in total. The fourth-order valence-corrected chi connectivity index (χ4v) is 2.47. The molecule has 0 saturated heterocycles. The van der Waals surface area contributed by atoms with E-state index in [1.165, 1.54) is 18.2 Å². The molecule has 0 bridgehead atoms. The molecular weight excluding hydrogens is 344 g/mol. The number of carbonyl (C=O) groups is 1. The normalized spacial score (nSPS) is 12.2. The Kier molecular flexibility index (Phi) is 4.06. The average Bonchev–Trinajstić information content (AvgIpc) is 2.38. The smallest absolute Gasteiger partial charge is 0.171 e. The summed E-state index contributed by atoms with van der Waals surface area (Å²) in [4.78, 5) is 16.3. The predicted octanol–water partition coefficient (Wildman–Crippen LogP) is 3.81. The Morgan fingerprint density at radius 3 is 2.56 bits per heavy atom. The minimum Gasteiger partial charge on any atom is -0.293 e. The number of nitrogens with zero attached hydrogens (tertiary/aromatic N) is 1. The number of pyridine rings is 1. The van der Waals surface area contributed by atoms with Crippen LogP contribution in [-0.2, 0) is 0 Å². The van der Waals surface area contributed by atoms with E-state index in [1.807, 2.05) is 41.6 Å². The number of rotatable bonds is 3. The minimum absolute atomic E-state index is 0.00870. The van der Waals surface area contributed by atoms with Gasteiger partial charge in [-0.3, -0.25) is 9.78 Å². The summed E-state index contributed by atoms with van der Waals surface area (Å²) in [5, 5.41) is 0. The molecule has 0 radical (unpaired) electrons. The standard InChI is InChI=1S/C14H11FINO/c1-9(10-4-6-17-7-5-10)14(18)12-3-2-11(15)8-13(12)16/h2-9H,1H3. The lowest BCUT2D eigenvalue weighted by Crippen LogP contribution is -2.11. The molecule has 2 nitrogen and oxygen atoms in total. The Hall–Kier alpha value is -1.30. The zero-order valence-electron chi connectivity index (χ0n) is 9.73. The Morgan fingerprint density at radius 1 is 1.28 bits per heavy atom. The van der Waals surface area contributed by atoms with Crippen molar-refractivity contribution in [2.45, 2.75) is 12.8 Å². The minimum atomic E-state index is -0.326. The molecule has 0 spiro atoms. The van der Waals surface area contributed by atoms with E-state index in [9.17, 15) is 9.18 Å². The van der Waals surface area contributed by atoms with Crippen molar-refractivity contribution >= 4 is 28.4 Å². The molecule has 1 aromatic heterocycles. The van der Waals surface area contributed by atoms with Crippen LogP contribution < -0.4 is 0 Å². The Labute approximate surface area is 118 Å². The number of ketones is 1. The molecule has 4 heteroatoms. The maximum atomic E-state index is 13.0. The topological polar surface area (TPSA) is 30.0 Å². The summed E-state index contributed by atoms with van der Waals surface area (Å²) in [5.41, 5.74) is 1.47. The van der Waals surface area contributed by atoms with Gasteiger partial charge in [0, 0.05) is 27.4 Å². The van der Waals surface area contributed by atoms with Crippen molar-refractivity contribution in [1.29, 1.82) is 0 Å². The third-order valence-electron chi connectivity index (χ3n) is 2.80. The number of halogens is 2. The van der Waals surface area contributed by atoms with E-state index < -0.39 is 0 Å². The first kappa shape index (κ1) is 13.1. The number of hydrogen-bond donors (Lipinski definition) is 0. The van der Waals surface area contributed by atoms with Crippen LogP contribution in [0.3, 0.4) is 0 Å². The Morgan fingerprint density at radius 2 is 1.94 bits per heavy atom. The molecule has 2 rings (SSSR count). The summed E-state index contributed by atoms with van der Waals surface area (Å²) >= 11 is 1.98. The monoisotopic (exact) mass is 355 g/mol. The van der Waals surface area contributed by atoms with Crippen molar-refractivity contribution in [3.05, 3.63) is 63.2 Å². The van der Waals surface area contributed by atoms with Crippen molar-refractivity contribution in [3.63, 3.8) is 0 Å². The van der Waals surface area contributed by atoms with E-state index in [4.69, 9.17) is 0 Å². The maximum absolute atomic E-state index is 13.0. The number of carbonyl (C=O) groups excluding carboxylic acids is 1. The van der Waals surface area contributed by atoms with Gasteiger partial charge >= 0.3 is 0 Å². The molecule has 1 unspecified atom stereocenters. The molecule has 0 aliphatic carbocycles. The molecule has 2 aromatic rings. The van der Waals surface area contributed by atoms with Crippen molar-refractivity contribution in [1.82, 2.24) is 4.98 Å². The van der Waals surface area contributed by atoms with Crippen LogP contribution in [0.2, 0.25) is 0 Å². The van der Waals surface area contributed by atoms with E-state index in [0.717, 1.165) is 5.56 Å². The highest BCUT2D eigenvalue weighted by Gasteiger charge is 2.19. The molecule has 0 aliphatic rings. The van der Waals surface area contributed by atoms with Crippen LogP contribution in [0.5, 0.6) is 0 Å². The van der Waals surface area contributed by atoms with Crippen LogP contribution >= 0.6 is 22.6 Å². The van der Waals surface area contributed by atoms with Gasteiger partial charge in [-0.15, -0.1) is 0 Å². The Balaban J connectivity index is 2.32. The lowest BCUT2D eigenvalue weighted by atomic mass is 9.93. The van der Waals surface area contributed by atoms with Crippen LogP contribution in [0.25, 0.3) is 0 Å². The first-order valence-electron chi connectivity index (χ1n) is 5.49. The van der Waals surface area contributed by atoms with E-state index in [-0.39, 0.29) is 17.5 Å². The largest absolute Gasteiger partial charge is 0.293 e. The fourth-order valence-electron chi connectivity index (χ4n) is 1.73. The number of Topliss-reactive ketones (excluding diaryl/α,β-unsaturated/α-hetero) is 1. The van der Waals surface area contributed by atoms with Crippen LogP contribution in [0.4, 0.5) is 4.39 Å². The lowest BCUT2D eigenvalue weighted by molar-refractivity contribution is 0.0965. The van der Waals surface area contributed by atoms with E-state index in [2.05, 4.69) is 4.98 Å². The first-order chi connectivity index (χ1) is 8.59. The highest BCUT2D eigenvalue weighted by atomic mass is 127. The molecule has 0 saturated carbocycles. The Bertz CT molecular complexity index is 571. The van der Waals surface area contributed by atoms with Gasteiger partial charge in [-0.05, 0) is 58.5 Å². The zero-order chi connectivity index (χ0) is 13.1. The molecule has 92 valence electrons. The number of aromatic nitrogens is 1. The van der Waals surface area contributed by atoms with Crippen molar-refractivity contribution < 1.29 is 9.18 Å². The van der Waals surface area contributed by atoms with Crippen LogP contribution in [0.1, 0.15) is 28.8 Å². The average molecular weight is 355 g/mol. The highest BCUT2D eigenvalue weighted by molar-refractivity contribution is 14.1. The van der Waals surface area contributed by atoms with Gasteiger partial charge in [0.1, 0.15) is 5.82 Å². The quantitative estimate of drug-likeness (QED) is 0.619. The third-order valence-corrected chi connectivity index (χ3v) is 3.69. The second-order valence-corrected chi connectivity index (χ2v) is 5.15. The second kappa shape index (κ2) is 5.56. The van der Waals surface area contributed by atoms with Gasteiger partial charge < -0.3 is 0 Å². The summed E-state index contributed by atoms with van der Waals surface area (Å²) in [7, 11) is 0. The molecule has 1 heterocycles. The first-order valence-corrected chi connectivity index (χ1v) is 6.56. The van der Waals surface area contributed by atoms with E-state index >= 15 is 0 Å². The molecule has 0 aliphatic heterocycles. The second-order valence-electron chi connectivity index (χ2n) is 3.99. The zero-order valence-corrected chi connectivity index (χ0v) is 11.9. The summed E-state index contributed by atoms with van der Waals surface area (Å²) in [6.45, 7) is 1.84. The molecule has 18 heavy (non-hydrogen) atoms. The molecule has 0 fully saturated rings. The van der Waals surface area contributed by atoms with Gasteiger partial charge in [0.25, 0.3) is 0 Å². The third kappa shape index (κ3) is 2.75. The van der Waals surface area contributed by atoms with Crippen molar-refractivity contribution in [2.75, 3.05) is 0 Å². The van der Waals surface area contributed by atoms with Crippen LogP contribution in [-0.4, -0.2) is 10.8 Å². The molecule has 1 aromatic carbocycles. The van der Waals surface area contributed by atoms with Crippen LogP contribution in [0, 0.1) is 9.39 Å². The summed E-state index contributed by atoms with van der Waals surface area (Å²) in [6.07, 6.45) is 3.32. The van der Waals surface area contributed by atoms with Crippen LogP contribution in [0.15, 0.2) is 42.7 Å². The van der Waals surface area contributed by atoms with Crippen molar-refractivity contribution in [2.24, 2.45) is 0 Å². The van der Waals surface area contributed by atoms with Gasteiger partial charge in [-0.25, -0.2) is 4.39 Å². The van der Waals surface area contributed by atoms with Gasteiger partial charge in [-0.2, -0.15) is 0 Å². The predicted molar refractivity (Wildman–Crippen MR) is 76.1 cm³/mol. The van der Waals surface area contributed by atoms with Gasteiger partial charge in [0.05, 0.1) is 0 Å². The molecule has 1 atom stereocenters. The fraction of sp³-hybridized carbons (Fsp3) is 0.143. The lowest BCUT2D eigenvalue weighted by Gasteiger charge is -2.11. The number of benzene rings is 1. The van der Waals surface area contributed by atoms with E-state index in [0.29, 0.717) is 9.13 Å². The maximum Gasteiger partial charge on any atom is 0.171 e. The van der Waals surface area contributed by atoms with E-state index in [1.54, 1.807) is 12.4 Å². The number of hydrogen-bond acceptors (Lipinski definition) is 2. The van der Waals surface area contributed by atoms with Gasteiger partial charge in [-0.1, -0.05) is 6.92 Å². The highest BCUT2D eigenvalue weighted by Crippen LogP contribution is 2.23. The molecule has 0 amide bonds. The summed E-state index contributed by atoms with van der Waals surface area (Å²) in [6, 6.07) is 7.86. The molecular formula is C14H11FINO. The summed E-state index contributed by atoms with van der Waals surface area (Å²) in [5.74, 6) is -0.593. The van der Waals surface area contributed by atoms with Gasteiger partial charge in [0.15, 0.2) is 5.78 Å². The summed E-state index contributed by atoms with van der Waals surface area (Å²) < 4.78 is 13.6.